The van der Waals surface area contributed by atoms with Crippen molar-refractivity contribution in [2.45, 2.75) is 64.7 Å². The van der Waals surface area contributed by atoms with E-state index in [1.165, 1.54) is 12.1 Å². The molecule has 0 saturated heterocycles. The highest BCUT2D eigenvalue weighted by Crippen LogP contribution is 2.12. The van der Waals surface area contributed by atoms with E-state index in [1.807, 2.05) is 6.92 Å². The molecule has 0 aliphatic heterocycles. The van der Waals surface area contributed by atoms with E-state index in [2.05, 4.69) is 16.0 Å². The van der Waals surface area contributed by atoms with Gasteiger partial charge in [0.15, 0.2) is 0 Å². The number of aliphatic carboxylic acids is 1. The van der Waals surface area contributed by atoms with Gasteiger partial charge in [0.2, 0.25) is 17.7 Å². The van der Waals surface area contributed by atoms with Crippen molar-refractivity contribution in [3.63, 3.8) is 0 Å². The maximum Gasteiger partial charge on any atom is 0.326 e. The number of nitrogens with two attached hydrogens (primary N) is 1. The summed E-state index contributed by atoms with van der Waals surface area (Å²) in [5.74, 6) is -4.03. The molecule has 3 amide bonds. The van der Waals surface area contributed by atoms with Crippen molar-refractivity contribution in [2.24, 2.45) is 17.6 Å². The lowest BCUT2D eigenvalue weighted by Crippen LogP contribution is -2.60. The smallest absolute Gasteiger partial charge is 0.326 e. The Morgan fingerprint density at radius 2 is 1.47 bits per heavy atom. The lowest BCUT2D eigenvalue weighted by atomic mass is 9.97. The molecule has 190 valence electrons. The number of rotatable bonds is 13. The third-order valence-corrected chi connectivity index (χ3v) is 5.57. The van der Waals surface area contributed by atoms with Crippen LogP contribution in [-0.2, 0) is 25.6 Å². The molecule has 11 nitrogen and oxygen atoms in total. The average molecular weight is 481 g/mol. The van der Waals surface area contributed by atoms with Crippen LogP contribution in [0.15, 0.2) is 24.3 Å². The van der Waals surface area contributed by atoms with Gasteiger partial charge in [-0.15, -0.1) is 0 Å². The van der Waals surface area contributed by atoms with Gasteiger partial charge in [0.05, 0.1) is 12.6 Å². The number of phenolic OH excluding ortho intramolecular Hbond substituents is 1. The van der Waals surface area contributed by atoms with Gasteiger partial charge in [0.25, 0.3) is 0 Å². The van der Waals surface area contributed by atoms with Crippen LogP contribution in [0, 0.1) is 11.8 Å². The summed E-state index contributed by atoms with van der Waals surface area (Å²) in [5.41, 5.74) is 6.72. The van der Waals surface area contributed by atoms with Gasteiger partial charge < -0.3 is 37.0 Å². The van der Waals surface area contributed by atoms with E-state index >= 15 is 0 Å². The molecule has 1 aromatic rings. The molecule has 11 heteroatoms. The Morgan fingerprint density at radius 3 is 1.94 bits per heavy atom. The zero-order valence-corrected chi connectivity index (χ0v) is 19.9. The number of aromatic hydroxyl groups is 1. The summed E-state index contributed by atoms with van der Waals surface area (Å²) in [6.45, 7) is 6.03. The summed E-state index contributed by atoms with van der Waals surface area (Å²) in [5, 5.41) is 35.6. The minimum absolute atomic E-state index is 0.0841. The first-order chi connectivity index (χ1) is 15.9. The van der Waals surface area contributed by atoms with Crippen LogP contribution in [0.25, 0.3) is 0 Å². The predicted molar refractivity (Wildman–Crippen MR) is 125 cm³/mol. The summed E-state index contributed by atoms with van der Waals surface area (Å²) in [7, 11) is 0. The Labute approximate surface area is 199 Å². The van der Waals surface area contributed by atoms with E-state index in [9.17, 15) is 34.5 Å². The lowest BCUT2D eigenvalue weighted by Gasteiger charge is -2.27. The third-order valence-electron chi connectivity index (χ3n) is 5.57. The largest absolute Gasteiger partial charge is 0.508 e. The first-order valence-corrected chi connectivity index (χ1v) is 11.2. The van der Waals surface area contributed by atoms with Crippen molar-refractivity contribution in [1.29, 1.82) is 0 Å². The fourth-order valence-corrected chi connectivity index (χ4v) is 3.16. The zero-order chi connectivity index (χ0) is 26.0. The van der Waals surface area contributed by atoms with Crippen molar-refractivity contribution >= 4 is 23.7 Å². The quantitative estimate of drug-likeness (QED) is 0.196. The molecule has 0 spiro atoms. The Bertz CT molecular complexity index is 844. The lowest BCUT2D eigenvalue weighted by molar-refractivity contribution is -0.144. The third kappa shape index (κ3) is 8.64. The molecular weight excluding hydrogens is 444 g/mol. The molecule has 0 aliphatic rings. The zero-order valence-electron chi connectivity index (χ0n) is 19.9. The number of carbonyl (C=O) groups is 4. The van der Waals surface area contributed by atoms with Gasteiger partial charge in [-0.25, -0.2) is 4.79 Å². The standard InChI is InChI=1S/C23H36N4O7/c1-5-13(4)19(27-20(30)16(24)10-14-6-8-15(29)9-7-14)22(32)25-17(11-28)21(31)26-18(12(2)3)23(33)34/h6-9,12-13,16-19,28-29H,5,10-11,24H2,1-4H3,(H,25,32)(H,26,31)(H,27,30)(H,33,34). The van der Waals surface area contributed by atoms with Crippen LogP contribution >= 0.6 is 0 Å². The molecule has 1 rings (SSSR count). The molecule has 0 bridgehead atoms. The Morgan fingerprint density at radius 1 is 0.912 bits per heavy atom. The fourth-order valence-electron chi connectivity index (χ4n) is 3.16. The number of benzene rings is 1. The first kappa shape index (κ1) is 28.9. The van der Waals surface area contributed by atoms with Crippen LogP contribution in [0.2, 0.25) is 0 Å². The van der Waals surface area contributed by atoms with E-state index in [-0.39, 0.29) is 18.1 Å². The Hall–Kier alpha value is -3.18. The summed E-state index contributed by atoms with van der Waals surface area (Å²) < 4.78 is 0. The topological polar surface area (TPSA) is 191 Å². The highest BCUT2D eigenvalue weighted by molar-refractivity contribution is 5.94. The molecular formula is C23H36N4O7. The van der Waals surface area contributed by atoms with Crippen molar-refractivity contribution in [2.75, 3.05) is 6.61 Å². The van der Waals surface area contributed by atoms with E-state index < -0.39 is 60.4 Å². The molecule has 0 radical (unpaired) electrons. The fraction of sp³-hybridized carbons (Fsp3) is 0.565. The number of phenols is 1. The molecule has 0 saturated carbocycles. The van der Waals surface area contributed by atoms with Crippen molar-refractivity contribution in [3.8, 4) is 5.75 Å². The Balaban J connectivity index is 2.88. The van der Waals surface area contributed by atoms with E-state index in [0.717, 1.165) is 5.56 Å². The first-order valence-electron chi connectivity index (χ1n) is 11.2. The van der Waals surface area contributed by atoms with Crippen molar-refractivity contribution in [3.05, 3.63) is 29.8 Å². The molecule has 0 aromatic heterocycles. The SMILES string of the molecule is CCC(C)C(NC(=O)C(N)Cc1ccc(O)cc1)C(=O)NC(CO)C(=O)NC(C(=O)O)C(C)C. The van der Waals surface area contributed by atoms with Gasteiger partial charge in [-0.2, -0.15) is 0 Å². The van der Waals surface area contributed by atoms with Crippen LogP contribution in [0.5, 0.6) is 5.75 Å². The van der Waals surface area contributed by atoms with Crippen LogP contribution in [0.3, 0.4) is 0 Å². The van der Waals surface area contributed by atoms with E-state index in [1.54, 1.807) is 32.9 Å². The second-order valence-corrected chi connectivity index (χ2v) is 8.66. The van der Waals surface area contributed by atoms with Crippen LogP contribution < -0.4 is 21.7 Å². The predicted octanol–water partition coefficient (Wildman–Crippen LogP) is -0.505. The van der Waals surface area contributed by atoms with Crippen LogP contribution in [-0.4, -0.2) is 69.8 Å². The maximum atomic E-state index is 12.9. The number of carboxylic acids is 1. The van der Waals surface area contributed by atoms with Crippen LogP contribution in [0.4, 0.5) is 0 Å². The summed E-state index contributed by atoms with van der Waals surface area (Å²) in [6.07, 6.45) is 0.699. The normalized spacial score (nSPS) is 15.5. The highest BCUT2D eigenvalue weighted by Gasteiger charge is 2.32. The number of amides is 3. The highest BCUT2D eigenvalue weighted by atomic mass is 16.4. The molecule has 0 aliphatic carbocycles. The monoisotopic (exact) mass is 480 g/mol. The number of aliphatic hydroxyl groups is 1. The molecule has 8 N–H and O–H groups in total. The van der Waals surface area contributed by atoms with Crippen LogP contribution in [0.1, 0.15) is 39.7 Å². The van der Waals surface area contributed by atoms with Gasteiger partial charge in [-0.05, 0) is 36.0 Å². The summed E-state index contributed by atoms with van der Waals surface area (Å²) in [4.78, 5) is 49.4. The van der Waals surface area contributed by atoms with Gasteiger partial charge in [-0.1, -0.05) is 46.2 Å². The van der Waals surface area contributed by atoms with E-state index in [0.29, 0.717) is 6.42 Å². The molecule has 0 fully saturated rings. The summed E-state index contributed by atoms with van der Waals surface area (Å²) in [6, 6.07) is 1.62. The number of nitrogens with one attached hydrogen (secondary N) is 3. The number of hydrogen-bond donors (Lipinski definition) is 7. The van der Waals surface area contributed by atoms with Crippen molar-refractivity contribution in [1.82, 2.24) is 16.0 Å². The van der Waals surface area contributed by atoms with Gasteiger partial charge in [0.1, 0.15) is 23.9 Å². The molecule has 34 heavy (non-hydrogen) atoms. The second-order valence-electron chi connectivity index (χ2n) is 8.66. The number of carbonyl (C=O) groups excluding carboxylic acids is 3. The number of hydrogen-bond acceptors (Lipinski definition) is 7. The van der Waals surface area contributed by atoms with E-state index in [4.69, 9.17) is 5.73 Å². The Kier molecular flexibility index (Phi) is 11.5. The molecule has 5 atom stereocenters. The minimum atomic E-state index is -1.40. The van der Waals surface area contributed by atoms with Gasteiger partial charge in [0, 0.05) is 0 Å². The van der Waals surface area contributed by atoms with Gasteiger partial charge in [-0.3, -0.25) is 14.4 Å². The summed E-state index contributed by atoms with van der Waals surface area (Å²) >= 11 is 0. The maximum absolute atomic E-state index is 12.9. The second kappa shape index (κ2) is 13.5. The number of aliphatic hydroxyl groups excluding tert-OH is 1. The minimum Gasteiger partial charge on any atom is -0.508 e. The van der Waals surface area contributed by atoms with Crippen molar-refractivity contribution < 1.29 is 34.5 Å². The molecule has 1 aromatic carbocycles. The number of carboxylic acid groups (broad SMARTS) is 1. The molecule has 5 unspecified atom stereocenters. The average Bonchev–Trinajstić information content (AvgIpc) is 2.79. The molecule has 0 heterocycles. The van der Waals surface area contributed by atoms with Gasteiger partial charge >= 0.3 is 5.97 Å².